The zero-order chi connectivity index (χ0) is 24.9. The highest BCUT2D eigenvalue weighted by molar-refractivity contribution is 5.94. The Morgan fingerprint density at radius 3 is 2.26 bits per heavy atom. The van der Waals surface area contributed by atoms with E-state index in [1.807, 2.05) is 4.90 Å². The molecular formula is C24H31F3N2O5. The molecule has 1 aromatic rings. The van der Waals surface area contributed by atoms with Gasteiger partial charge in [-0.1, -0.05) is 19.1 Å². The van der Waals surface area contributed by atoms with E-state index in [2.05, 4.69) is 0 Å². The van der Waals surface area contributed by atoms with E-state index in [-0.39, 0.29) is 30.3 Å². The minimum atomic E-state index is -5.02. The van der Waals surface area contributed by atoms with Crippen molar-refractivity contribution >= 4 is 17.8 Å². The Hall–Kier alpha value is -2.62. The van der Waals surface area contributed by atoms with E-state index in [0.717, 1.165) is 12.0 Å². The van der Waals surface area contributed by atoms with E-state index in [1.165, 1.54) is 0 Å². The molecule has 0 spiro atoms. The summed E-state index contributed by atoms with van der Waals surface area (Å²) in [7, 11) is 0. The normalized spacial score (nSPS) is 22.3. The molecule has 0 aliphatic carbocycles. The fourth-order valence-corrected chi connectivity index (χ4v) is 4.67. The molecule has 2 fully saturated rings. The van der Waals surface area contributed by atoms with Crippen molar-refractivity contribution in [1.82, 2.24) is 9.80 Å². The van der Waals surface area contributed by atoms with Gasteiger partial charge in [0.05, 0.1) is 13.0 Å². The van der Waals surface area contributed by atoms with Crippen molar-refractivity contribution in [3.63, 3.8) is 0 Å². The van der Waals surface area contributed by atoms with Gasteiger partial charge in [0.25, 0.3) is 5.91 Å². The molecule has 2 unspecified atom stereocenters. The number of halogens is 3. The maximum absolute atomic E-state index is 12.9. The van der Waals surface area contributed by atoms with Crippen LogP contribution in [0.1, 0.15) is 55.5 Å². The lowest BCUT2D eigenvalue weighted by Gasteiger charge is -2.46. The third kappa shape index (κ3) is 6.49. The van der Waals surface area contributed by atoms with Crippen LogP contribution in [0.15, 0.2) is 24.3 Å². The fourth-order valence-electron chi connectivity index (χ4n) is 4.67. The summed E-state index contributed by atoms with van der Waals surface area (Å²) in [6.45, 7) is 5.32. The molecule has 7 nitrogen and oxygen atoms in total. The van der Waals surface area contributed by atoms with Crippen LogP contribution in [0, 0.1) is 5.92 Å². The Labute approximate surface area is 197 Å². The fraction of sp³-hybridized carbons (Fsp3) is 0.625. The molecule has 188 valence electrons. The number of nitrogens with zero attached hydrogens (tertiary/aromatic N) is 2. The molecule has 2 aliphatic heterocycles. The Kier molecular flexibility index (Phi) is 8.57. The second-order valence-corrected chi connectivity index (χ2v) is 8.85. The van der Waals surface area contributed by atoms with E-state index in [1.54, 1.807) is 43.0 Å². The first kappa shape index (κ1) is 26.0. The molecule has 10 heteroatoms. The number of alkyl halides is 3. The highest BCUT2D eigenvalue weighted by atomic mass is 19.4. The van der Waals surface area contributed by atoms with Gasteiger partial charge in [-0.3, -0.25) is 14.5 Å². The Morgan fingerprint density at radius 1 is 1.03 bits per heavy atom. The number of carbonyl (C=O) groups excluding carboxylic acids is 3. The van der Waals surface area contributed by atoms with Crippen molar-refractivity contribution < 1.29 is 37.0 Å². The Bertz CT molecular complexity index is 866. The molecule has 0 N–H and O–H groups in total. The summed E-state index contributed by atoms with van der Waals surface area (Å²) < 4.78 is 48.1. The lowest BCUT2D eigenvalue weighted by atomic mass is 9.93. The van der Waals surface area contributed by atoms with Crippen molar-refractivity contribution in [2.45, 2.75) is 64.4 Å². The van der Waals surface area contributed by atoms with Gasteiger partial charge >= 0.3 is 18.1 Å². The van der Waals surface area contributed by atoms with Crippen LogP contribution >= 0.6 is 0 Å². The number of piperidine rings is 2. The lowest BCUT2D eigenvalue weighted by Crippen LogP contribution is -2.56. The highest BCUT2D eigenvalue weighted by Crippen LogP contribution is 2.31. The topological polar surface area (TPSA) is 76.2 Å². The summed E-state index contributed by atoms with van der Waals surface area (Å²) in [6, 6.07) is 6.76. The molecule has 2 saturated heterocycles. The molecule has 1 amide bonds. The zero-order valence-corrected chi connectivity index (χ0v) is 19.5. The van der Waals surface area contributed by atoms with E-state index in [9.17, 15) is 27.6 Å². The summed E-state index contributed by atoms with van der Waals surface area (Å²) in [4.78, 5) is 39.6. The van der Waals surface area contributed by atoms with Crippen LogP contribution in [0.3, 0.4) is 0 Å². The van der Waals surface area contributed by atoms with E-state index in [4.69, 9.17) is 9.47 Å². The summed E-state index contributed by atoms with van der Waals surface area (Å²) >= 11 is 0. The third-order valence-corrected chi connectivity index (χ3v) is 6.42. The van der Waals surface area contributed by atoms with Gasteiger partial charge in [0, 0.05) is 37.2 Å². The van der Waals surface area contributed by atoms with E-state index in [0.29, 0.717) is 51.1 Å². The summed E-state index contributed by atoms with van der Waals surface area (Å²) in [6.07, 6.45) is -3.12. The van der Waals surface area contributed by atoms with E-state index < -0.39 is 18.4 Å². The standard InChI is InChI=1S/C24H31F3N2O5/c1-3-33-20(30)15-17-6-8-18(9-7-17)21(31)28-13-10-19(11-14-28)29-12-4-5-16(2)22(29)34-23(32)24(25,26)27/h6-9,16,19,22H,3-5,10-15H2,1-2H3. The van der Waals surface area contributed by atoms with Crippen LogP contribution in [-0.4, -0.2) is 72.3 Å². The van der Waals surface area contributed by atoms with Gasteiger partial charge in [-0.25, -0.2) is 4.79 Å². The number of hydrogen-bond acceptors (Lipinski definition) is 6. The van der Waals surface area contributed by atoms with E-state index >= 15 is 0 Å². The number of hydrogen-bond donors (Lipinski definition) is 0. The van der Waals surface area contributed by atoms with Crippen molar-refractivity contribution in [2.75, 3.05) is 26.2 Å². The number of benzene rings is 1. The Balaban J connectivity index is 1.57. The number of amides is 1. The second-order valence-electron chi connectivity index (χ2n) is 8.85. The van der Waals surface area contributed by atoms with Crippen LogP contribution < -0.4 is 0 Å². The predicted octanol–water partition coefficient (Wildman–Crippen LogP) is 3.56. The zero-order valence-electron chi connectivity index (χ0n) is 19.5. The van der Waals surface area contributed by atoms with Crippen LogP contribution in [-0.2, 0) is 25.5 Å². The maximum atomic E-state index is 12.9. The molecule has 34 heavy (non-hydrogen) atoms. The van der Waals surface area contributed by atoms with Crippen molar-refractivity contribution in [1.29, 1.82) is 0 Å². The van der Waals surface area contributed by atoms with Crippen LogP contribution in [0.5, 0.6) is 0 Å². The molecule has 2 atom stereocenters. The van der Waals surface area contributed by atoms with Gasteiger partial charge < -0.3 is 14.4 Å². The number of ether oxygens (including phenoxy) is 2. The molecule has 0 aromatic heterocycles. The first-order chi connectivity index (χ1) is 16.1. The predicted molar refractivity (Wildman–Crippen MR) is 117 cm³/mol. The molecular weight excluding hydrogens is 453 g/mol. The number of esters is 2. The molecule has 0 bridgehead atoms. The van der Waals surface area contributed by atoms with Crippen LogP contribution in [0.2, 0.25) is 0 Å². The number of carbonyl (C=O) groups is 3. The smallest absolute Gasteiger partial charge is 0.466 e. The first-order valence-electron chi connectivity index (χ1n) is 11.7. The molecule has 0 saturated carbocycles. The average molecular weight is 485 g/mol. The van der Waals surface area contributed by atoms with Gasteiger partial charge in [0.15, 0.2) is 6.23 Å². The summed E-state index contributed by atoms with van der Waals surface area (Å²) in [5.41, 5.74) is 1.27. The molecule has 1 aromatic carbocycles. The molecule has 0 radical (unpaired) electrons. The minimum Gasteiger partial charge on any atom is -0.466 e. The van der Waals surface area contributed by atoms with Gasteiger partial charge in [-0.05, 0) is 50.3 Å². The number of rotatable bonds is 6. The SMILES string of the molecule is CCOC(=O)Cc1ccc(C(=O)N2CCC(N3CCCC(C)C3OC(=O)C(F)(F)F)CC2)cc1. The largest absolute Gasteiger partial charge is 0.490 e. The summed E-state index contributed by atoms with van der Waals surface area (Å²) in [5, 5.41) is 0. The van der Waals surface area contributed by atoms with Crippen molar-refractivity contribution in [3.8, 4) is 0 Å². The van der Waals surface area contributed by atoms with Crippen molar-refractivity contribution in [2.24, 2.45) is 5.92 Å². The molecule has 2 heterocycles. The summed E-state index contributed by atoms with van der Waals surface area (Å²) in [5.74, 6) is -2.81. The van der Waals surface area contributed by atoms with Gasteiger partial charge in [0.2, 0.25) is 0 Å². The maximum Gasteiger partial charge on any atom is 0.490 e. The third-order valence-electron chi connectivity index (χ3n) is 6.42. The van der Waals surface area contributed by atoms with Gasteiger partial charge in [-0.2, -0.15) is 13.2 Å². The van der Waals surface area contributed by atoms with Gasteiger partial charge in [-0.15, -0.1) is 0 Å². The van der Waals surface area contributed by atoms with Crippen molar-refractivity contribution in [3.05, 3.63) is 35.4 Å². The average Bonchev–Trinajstić information content (AvgIpc) is 2.80. The quantitative estimate of drug-likeness (QED) is 0.575. The number of likely N-dealkylation sites (tertiary alicyclic amines) is 2. The first-order valence-corrected chi connectivity index (χ1v) is 11.7. The molecule has 2 aliphatic rings. The Morgan fingerprint density at radius 2 is 1.68 bits per heavy atom. The highest BCUT2D eigenvalue weighted by Gasteiger charge is 2.46. The lowest BCUT2D eigenvalue weighted by molar-refractivity contribution is -0.222. The van der Waals surface area contributed by atoms with Gasteiger partial charge in [0.1, 0.15) is 0 Å². The second kappa shape index (κ2) is 11.2. The minimum absolute atomic E-state index is 0.0650. The van der Waals surface area contributed by atoms with Crippen LogP contribution in [0.25, 0.3) is 0 Å². The molecule has 3 rings (SSSR count). The monoisotopic (exact) mass is 484 g/mol. The van der Waals surface area contributed by atoms with Crippen LogP contribution in [0.4, 0.5) is 13.2 Å².